The van der Waals surface area contributed by atoms with E-state index in [1.807, 2.05) is 13.0 Å². The third kappa shape index (κ3) is 2.44. The van der Waals surface area contributed by atoms with E-state index in [1.165, 1.54) is 0 Å². The average molecular weight is 260 g/mol. The van der Waals surface area contributed by atoms with Crippen LogP contribution in [0.5, 0.6) is 5.88 Å². The van der Waals surface area contributed by atoms with Gasteiger partial charge in [0.25, 0.3) is 0 Å². The number of nitrogens with one attached hydrogen (secondary N) is 1. The van der Waals surface area contributed by atoms with Crippen LogP contribution in [-0.4, -0.2) is 28.8 Å². The van der Waals surface area contributed by atoms with Crippen LogP contribution in [0, 0.1) is 6.92 Å². The molecule has 1 unspecified atom stereocenters. The minimum absolute atomic E-state index is 0.196. The van der Waals surface area contributed by atoms with Gasteiger partial charge in [0.1, 0.15) is 17.3 Å². The van der Waals surface area contributed by atoms with Crippen molar-refractivity contribution >= 4 is 0 Å². The van der Waals surface area contributed by atoms with Crippen molar-refractivity contribution < 1.29 is 9.26 Å². The molecule has 19 heavy (non-hydrogen) atoms. The van der Waals surface area contributed by atoms with Crippen LogP contribution in [0.3, 0.4) is 0 Å². The molecule has 0 aromatic carbocycles. The van der Waals surface area contributed by atoms with Gasteiger partial charge in [-0.15, -0.1) is 0 Å². The van der Waals surface area contributed by atoms with Crippen LogP contribution in [0.4, 0.5) is 0 Å². The molecule has 1 N–H and O–H groups in total. The van der Waals surface area contributed by atoms with E-state index in [0.29, 0.717) is 11.6 Å². The molecular formula is C13H16N4O2. The number of aryl methyl sites for hydroxylation is 1. The first-order chi connectivity index (χ1) is 9.26. The zero-order chi connectivity index (χ0) is 13.2. The van der Waals surface area contributed by atoms with Gasteiger partial charge in [0.2, 0.25) is 5.88 Å². The van der Waals surface area contributed by atoms with Crippen molar-refractivity contribution in [1.82, 2.24) is 20.4 Å². The first kappa shape index (κ1) is 12.1. The van der Waals surface area contributed by atoms with Gasteiger partial charge in [-0.1, -0.05) is 5.16 Å². The summed E-state index contributed by atoms with van der Waals surface area (Å²) < 4.78 is 10.3. The van der Waals surface area contributed by atoms with Crippen LogP contribution in [0.1, 0.15) is 30.5 Å². The quantitative estimate of drug-likeness (QED) is 0.908. The molecule has 1 atom stereocenters. The zero-order valence-electron chi connectivity index (χ0n) is 11.0. The molecule has 1 fully saturated rings. The van der Waals surface area contributed by atoms with Gasteiger partial charge in [0, 0.05) is 12.1 Å². The molecule has 3 heterocycles. The van der Waals surface area contributed by atoms with E-state index < -0.39 is 0 Å². The summed E-state index contributed by atoms with van der Waals surface area (Å²) in [6.07, 6.45) is 2.19. The van der Waals surface area contributed by atoms with Crippen molar-refractivity contribution in [3.8, 4) is 17.3 Å². The smallest absolute Gasteiger partial charge is 0.217 e. The molecule has 2 aromatic rings. The van der Waals surface area contributed by atoms with E-state index in [1.54, 1.807) is 13.2 Å². The molecule has 2 aromatic heterocycles. The molecule has 100 valence electrons. The van der Waals surface area contributed by atoms with Gasteiger partial charge in [-0.05, 0) is 26.3 Å². The topological polar surface area (TPSA) is 73.1 Å². The molecule has 1 saturated heterocycles. The number of nitrogens with zero attached hydrogens (tertiary/aromatic N) is 3. The van der Waals surface area contributed by atoms with E-state index in [0.717, 1.165) is 36.7 Å². The van der Waals surface area contributed by atoms with Gasteiger partial charge < -0.3 is 14.6 Å². The molecule has 0 spiro atoms. The van der Waals surface area contributed by atoms with Crippen LogP contribution in [-0.2, 0) is 0 Å². The summed E-state index contributed by atoms with van der Waals surface area (Å²) in [4.78, 5) is 8.98. The maximum Gasteiger partial charge on any atom is 0.217 e. The fourth-order valence-corrected chi connectivity index (χ4v) is 2.23. The molecule has 0 amide bonds. The minimum atomic E-state index is 0.196. The van der Waals surface area contributed by atoms with E-state index >= 15 is 0 Å². The van der Waals surface area contributed by atoms with Crippen LogP contribution in [0.2, 0.25) is 0 Å². The van der Waals surface area contributed by atoms with Crippen molar-refractivity contribution in [1.29, 1.82) is 0 Å². The van der Waals surface area contributed by atoms with Crippen molar-refractivity contribution in [3.05, 3.63) is 23.7 Å². The van der Waals surface area contributed by atoms with Gasteiger partial charge in [0.05, 0.1) is 18.8 Å². The highest BCUT2D eigenvalue weighted by atomic mass is 16.5. The first-order valence-corrected chi connectivity index (χ1v) is 6.36. The van der Waals surface area contributed by atoms with Crippen LogP contribution < -0.4 is 10.1 Å². The predicted octanol–water partition coefficient (Wildman–Crippen LogP) is 1.87. The highest BCUT2D eigenvalue weighted by Gasteiger charge is 2.21. The number of hydrogen-bond donors (Lipinski definition) is 1. The lowest BCUT2D eigenvalue weighted by Crippen LogP contribution is -2.16. The maximum atomic E-state index is 5.25. The lowest BCUT2D eigenvalue weighted by atomic mass is 10.2. The van der Waals surface area contributed by atoms with Crippen LogP contribution >= 0.6 is 0 Å². The molecule has 1 aliphatic rings. The lowest BCUT2D eigenvalue weighted by Gasteiger charge is -2.11. The first-order valence-electron chi connectivity index (χ1n) is 6.36. The predicted molar refractivity (Wildman–Crippen MR) is 68.8 cm³/mol. The van der Waals surface area contributed by atoms with Gasteiger partial charge >= 0.3 is 0 Å². The molecule has 6 nitrogen and oxygen atoms in total. The second-order valence-electron chi connectivity index (χ2n) is 4.63. The Morgan fingerprint density at radius 3 is 2.84 bits per heavy atom. The largest absolute Gasteiger partial charge is 0.481 e. The SMILES string of the molecule is COc1cc(-c2cc(C)on2)nc(C2CCCN2)n1. The number of methoxy groups -OCH3 is 1. The van der Waals surface area contributed by atoms with Gasteiger partial charge in [-0.25, -0.2) is 4.98 Å². The lowest BCUT2D eigenvalue weighted by molar-refractivity contribution is 0.391. The molecular weight excluding hydrogens is 244 g/mol. The van der Waals surface area contributed by atoms with Crippen molar-refractivity contribution in [2.45, 2.75) is 25.8 Å². The molecule has 0 saturated carbocycles. The van der Waals surface area contributed by atoms with E-state index in [9.17, 15) is 0 Å². The van der Waals surface area contributed by atoms with Crippen LogP contribution in [0.15, 0.2) is 16.7 Å². The second-order valence-corrected chi connectivity index (χ2v) is 4.63. The van der Waals surface area contributed by atoms with E-state index in [-0.39, 0.29) is 6.04 Å². The fraction of sp³-hybridized carbons (Fsp3) is 0.462. The Morgan fingerprint density at radius 2 is 2.21 bits per heavy atom. The Balaban J connectivity index is 2.01. The monoisotopic (exact) mass is 260 g/mol. The molecule has 0 aliphatic carbocycles. The van der Waals surface area contributed by atoms with Crippen LogP contribution in [0.25, 0.3) is 11.4 Å². The fourth-order valence-electron chi connectivity index (χ4n) is 2.23. The number of rotatable bonds is 3. The molecule has 1 aliphatic heterocycles. The Morgan fingerprint density at radius 1 is 1.32 bits per heavy atom. The summed E-state index contributed by atoms with van der Waals surface area (Å²) >= 11 is 0. The maximum absolute atomic E-state index is 5.25. The van der Waals surface area contributed by atoms with Gasteiger partial charge in [0.15, 0.2) is 0 Å². The number of hydrogen-bond acceptors (Lipinski definition) is 6. The highest BCUT2D eigenvalue weighted by Crippen LogP contribution is 2.26. The zero-order valence-corrected chi connectivity index (χ0v) is 11.0. The summed E-state index contributed by atoms with van der Waals surface area (Å²) in [5.74, 6) is 2.06. The summed E-state index contributed by atoms with van der Waals surface area (Å²) in [7, 11) is 1.60. The van der Waals surface area contributed by atoms with Gasteiger partial charge in [-0.3, -0.25) is 0 Å². The summed E-state index contributed by atoms with van der Waals surface area (Å²) in [6, 6.07) is 3.82. The minimum Gasteiger partial charge on any atom is -0.481 e. The third-order valence-electron chi connectivity index (χ3n) is 3.19. The van der Waals surface area contributed by atoms with Gasteiger partial charge in [-0.2, -0.15) is 4.98 Å². The summed E-state index contributed by atoms with van der Waals surface area (Å²) in [5, 5.41) is 7.37. The molecule has 3 rings (SSSR count). The number of aromatic nitrogens is 3. The second kappa shape index (κ2) is 4.97. The van der Waals surface area contributed by atoms with E-state index in [4.69, 9.17) is 9.26 Å². The van der Waals surface area contributed by atoms with Crippen molar-refractivity contribution in [3.63, 3.8) is 0 Å². The average Bonchev–Trinajstić information content (AvgIpc) is 3.09. The Labute approximate surface area is 111 Å². The normalized spacial score (nSPS) is 18.7. The molecule has 6 heteroatoms. The Hall–Kier alpha value is -1.95. The summed E-state index contributed by atoms with van der Waals surface area (Å²) in [6.45, 7) is 2.86. The summed E-state index contributed by atoms with van der Waals surface area (Å²) in [5.41, 5.74) is 1.44. The molecule has 0 bridgehead atoms. The standard InChI is InChI=1S/C13H16N4O2/c1-8-6-11(17-19-8)10-7-12(18-2)16-13(15-10)9-4-3-5-14-9/h6-7,9,14H,3-5H2,1-2H3. The highest BCUT2D eigenvalue weighted by molar-refractivity contribution is 5.55. The number of ether oxygens (including phenoxy) is 1. The Bertz CT molecular complexity index is 576. The Kier molecular flexibility index (Phi) is 3.16. The van der Waals surface area contributed by atoms with Crippen molar-refractivity contribution in [2.24, 2.45) is 0 Å². The van der Waals surface area contributed by atoms with E-state index in [2.05, 4.69) is 20.4 Å². The van der Waals surface area contributed by atoms with Crippen molar-refractivity contribution in [2.75, 3.05) is 13.7 Å². The third-order valence-corrected chi connectivity index (χ3v) is 3.19. The molecule has 0 radical (unpaired) electrons.